The number of aryl methyl sites for hydroxylation is 1. The second kappa shape index (κ2) is 6.49. The van der Waals surface area contributed by atoms with Gasteiger partial charge in [-0.05, 0) is 0 Å². The number of nitrogens with zero attached hydrogens (tertiary/aromatic N) is 2. The number of rotatable bonds is 6. The topological polar surface area (TPSA) is 94.2 Å². The standard InChI is InChI=1S/C13H19N5O2S/c1-15-12(19)11-9(14)10(20-3)13(21-11)17-5-4-8-16-6-7-18(8)2/h6-7,17H,4-5,14H2,1-3H3,(H,15,19). The smallest absolute Gasteiger partial charge is 0.263 e. The zero-order chi connectivity index (χ0) is 15.4. The van der Waals surface area contributed by atoms with Crippen molar-refractivity contribution in [1.82, 2.24) is 14.9 Å². The number of amides is 1. The lowest BCUT2D eigenvalue weighted by atomic mass is 10.3. The van der Waals surface area contributed by atoms with E-state index in [2.05, 4.69) is 15.6 Å². The van der Waals surface area contributed by atoms with Crippen LogP contribution in [0.1, 0.15) is 15.5 Å². The Morgan fingerprint density at radius 1 is 1.57 bits per heavy atom. The average Bonchev–Trinajstić information content (AvgIpc) is 3.02. The number of carbonyl (C=O) groups excluding carboxylic acids is 1. The fraction of sp³-hybridized carbons (Fsp3) is 0.385. The maximum Gasteiger partial charge on any atom is 0.263 e. The SMILES string of the molecule is CNC(=O)c1sc(NCCc2nccn2C)c(OC)c1N. The highest BCUT2D eigenvalue weighted by atomic mass is 32.1. The molecule has 7 nitrogen and oxygen atoms in total. The van der Waals surface area contributed by atoms with Crippen LogP contribution in [0.25, 0.3) is 0 Å². The van der Waals surface area contributed by atoms with Gasteiger partial charge in [-0.1, -0.05) is 0 Å². The molecule has 1 amide bonds. The zero-order valence-corrected chi connectivity index (χ0v) is 13.1. The molecule has 114 valence electrons. The fourth-order valence-electron chi connectivity index (χ4n) is 1.96. The Bertz CT molecular complexity index is 635. The molecule has 0 saturated heterocycles. The quantitative estimate of drug-likeness (QED) is 0.742. The van der Waals surface area contributed by atoms with E-state index in [4.69, 9.17) is 10.5 Å². The zero-order valence-electron chi connectivity index (χ0n) is 12.3. The first kappa shape index (κ1) is 15.2. The normalized spacial score (nSPS) is 10.4. The van der Waals surface area contributed by atoms with Crippen LogP contribution in [0.3, 0.4) is 0 Å². The van der Waals surface area contributed by atoms with Gasteiger partial charge in [-0.15, -0.1) is 11.3 Å². The summed E-state index contributed by atoms with van der Waals surface area (Å²) in [5, 5.41) is 6.57. The van der Waals surface area contributed by atoms with E-state index >= 15 is 0 Å². The summed E-state index contributed by atoms with van der Waals surface area (Å²) in [5.74, 6) is 1.28. The van der Waals surface area contributed by atoms with Crippen LogP contribution in [0.5, 0.6) is 5.75 Å². The van der Waals surface area contributed by atoms with Crippen LogP contribution >= 0.6 is 11.3 Å². The van der Waals surface area contributed by atoms with Crippen molar-refractivity contribution in [2.24, 2.45) is 7.05 Å². The maximum absolute atomic E-state index is 11.7. The lowest BCUT2D eigenvalue weighted by molar-refractivity contribution is 0.0967. The molecule has 0 radical (unpaired) electrons. The van der Waals surface area contributed by atoms with Crippen molar-refractivity contribution >= 4 is 27.9 Å². The predicted molar refractivity (Wildman–Crippen MR) is 84.1 cm³/mol. The van der Waals surface area contributed by atoms with Crippen LogP contribution in [-0.2, 0) is 13.5 Å². The fourth-order valence-corrected chi connectivity index (χ4v) is 3.02. The minimum atomic E-state index is -0.215. The number of nitrogen functional groups attached to an aromatic ring is 1. The van der Waals surface area contributed by atoms with Crippen LogP contribution < -0.4 is 21.1 Å². The highest BCUT2D eigenvalue weighted by Gasteiger charge is 2.20. The molecule has 2 aromatic rings. The number of nitrogens with two attached hydrogens (primary N) is 1. The van der Waals surface area contributed by atoms with E-state index in [1.807, 2.05) is 17.8 Å². The Balaban J connectivity index is 2.09. The van der Waals surface area contributed by atoms with Crippen LogP contribution in [0.4, 0.5) is 10.7 Å². The van der Waals surface area contributed by atoms with Gasteiger partial charge in [-0.25, -0.2) is 4.98 Å². The van der Waals surface area contributed by atoms with E-state index in [1.54, 1.807) is 13.2 Å². The molecule has 0 aliphatic heterocycles. The first-order valence-electron chi connectivity index (χ1n) is 6.46. The second-order valence-electron chi connectivity index (χ2n) is 4.42. The molecule has 0 aliphatic carbocycles. The van der Waals surface area contributed by atoms with Gasteiger partial charge in [0.1, 0.15) is 21.4 Å². The van der Waals surface area contributed by atoms with Crippen molar-refractivity contribution in [2.75, 3.05) is 31.8 Å². The number of hydrogen-bond acceptors (Lipinski definition) is 6. The molecule has 2 heterocycles. The summed E-state index contributed by atoms with van der Waals surface area (Å²) in [6, 6.07) is 0. The third kappa shape index (κ3) is 3.10. The number of imidazole rings is 1. The van der Waals surface area contributed by atoms with Gasteiger partial charge >= 0.3 is 0 Å². The molecule has 0 unspecified atom stereocenters. The molecule has 0 saturated carbocycles. The molecule has 0 atom stereocenters. The van der Waals surface area contributed by atoms with E-state index < -0.39 is 0 Å². The van der Waals surface area contributed by atoms with Crippen molar-refractivity contribution < 1.29 is 9.53 Å². The average molecular weight is 309 g/mol. The summed E-state index contributed by atoms with van der Waals surface area (Å²) < 4.78 is 7.25. The summed E-state index contributed by atoms with van der Waals surface area (Å²) in [6.45, 7) is 0.675. The van der Waals surface area contributed by atoms with E-state index in [0.717, 1.165) is 17.2 Å². The highest BCUT2D eigenvalue weighted by Crippen LogP contribution is 2.42. The lowest BCUT2D eigenvalue weighted by Gasteiger charge is -2.07. The summed E-state index contributed by atoms with van der Waals surface area (Å²) in [5.41, 5.74) is 6.31. The van der Waals surface area contributed by atoms with Crippen molar-refractivity contribution in [2.45, 2.75) is 6.42 Å². The van der Waals surface area contributed by atoms with Gasteiger partial charge in [0.2, 0.25) is 0 Å². The first-order valence-corrected chi connectivity index (χ1v) is 7.28. The predicted octanol–water partition coefficient (Wildman–Crippen LogP) is 1.09. The van der Waals surface area contributed by atoms with Crippen LogP contribution in [0, 0.1) is 0 Å². The van der Waals surface area contributed by atoms with Gasteiger partial charge in [-0.3, -0.25) is 4.79 Å². The third-order valence-corrected chi connectivity index (χ3v) is 4.24. The molecule has 0 spiro atoms. The molecular weight excluding hydrogens is 290 g/mol. The van der Waals surface area contributed by atoms with E-state index in [9.17, 15) is 4.79 Å². The highest BCUT2D eigenvalue weighted by molar-refractivity contribution is 7.19. The third-order valence-electron chi connectivity index (χ3n) is 3.09. The number of anilines is 2. The largest absolute Gasteiger partial charge is 0.492 e. The lowest BCUT2D eigenvalue weighted by Crippen LogP contribution is -2.17. The molecule has 0 bridgehead atoms. The second-order valence-corrected chi connectivity index (χ2v) is 5.44. The van der Waals surface area contributed by atoms with Crippen molar-refractivity contribution in [1.29, 1.82) is 0 Å². The number of ether oxygens (including phenoxy) is 1. The number of nitrogens with one attached hydrogen (secondary N) is 2. The molecular formula is C13H19N5O2S. The summed E-state index contributed by atoms with van der Waals surface area (Å²) in [6.07, 6.45) is 4.44. The van der Waals surface area contributed by atoms with Crippen LogP contribution in [0.2, 0.25) is 0 Å². The monoisotopic (exact) mass is 309 g/mol. The Morgan fingerprint density at radius 3 is 2.90 bits per heavy atom. The minimum Gasteiger partial charge on any atom is -0.492 e. The number of hydrogen-bond donors (Lipinski definition) is 3. The van der Waals surface area contributed by atoms with Gasteiger partial charge < -0.3 is 25.7 Å². The first-order chi connectivity index (χ1) is 10.1. The number of carbonyl (C=O) groups is 1. The van der Waals surface area contributed by atoms with E-state index in [0.29, 0.717) is 22.9 Å². The Morgan fingerprint density at radius 2 is 2.33 bits per heavy atom. The molecule has 2 aromatic heterocycles. The van der Waals surface area contributed by atoms with Gasteiger partial charge in [0.05, 0.1) is 7.11 Å². The molecule has 0 aliphatic rings. The molecule has 8 heteroatoms. The van der Waals surface area contributed by atoms with Crippen LogP contribution in [0.15, 0.2) is 12.4 Å². The Kier molecular flexibility index (Phi) is 4.69. The van der Waals surface area contributed by atoms with Crippen molar-refractivity contribution in [3.05, 3.63) is 23.1 Å². The van der Waals surface area contributed by atoms with E-state index in [1.165, 1.54) is 18.4 Å². The minimum absolute atomic E-state index is 0.215. The molecule has 0 aromatic carbocycles. The number of aromatic nitrogens is 2. The van der Waals surface area contributed by atoms with Crippen LogP contribution in [-0.4, -0.2) is 36.2 Å². The van der Waals surface area contributed by atoms with Gasteiger partial charge in [0.15, 0.2) is 5.75 Å². The summed E-state index contributed by atoms with van der Waals surface area (Å²) in [4.78, 5) is 16.5. The molecule has 21 heavy (non-hydrogen) atoms. The van der Waals surface area contributed by atoms with Gasteiger partial charge in [-0.2, -0.15) is 0 Å². The number of thiophene rings is 1. The summed E-state index contributed by atoms with van der Waals surface area (Å²) in [7, 11) is 5.06. The Hall–Kier alpha value is -2.22. The van der Waals surface area contributed by atoms with Gasteiger partial charge in [0, 0.05) is 39.5 Å². The van der Waals surface area contributed by atoms with Crippen molar-refractivity contribution in [3.8, 4) is 5.75 Å². The molecule has 4 N–H and O–H groups in total. The Labute approximate surface area is 127 Å². The molecule has 0 fully saturated rings. The van der Waals surface area contributed by atoms with E-state index in [-0.39, 0.29) is 5.91 Å². The number of methoxy groups -OCH3 is 1. The van der Waals surface area contributed by atoms with Gasteiger partial charge in [0.25, 0.3) is 5.91 Å². The molecule has 2 rings (SSSR count). The summed E-state index contributed by atoms with van der Waals surface area (Å²) >= 11 is 1.28. The maximum atomic E-state index is 11.7. The van der Waals surface area contributed by atoms with Crippen molar-refractivity contribution in [3.63, 3.8) is 0 Å².